The fourth-order valence-corrected chi connectivity index (χ4v) is 0.896. The average Bonchev–Trinajstić information content (AvgIpc) is 2.23. The molecule has 0 atom stereocenters. The van der Waals surface area contributed by atoms with Crippen LogP contribution in [0.3, 0.4) is 0 Å². The largest absolute Gasteiger partial charge is 0.468 e. The molecule has 0 unspecified atom stereocenters. The summed E-state index contributed by atoms with van der Waals surface area (Å²) in [5.74, 6) is 0.713. The van der Waals surface area contributed by atoms with Gasteiger partial charge in [-0.1, -0.05) is 32.9 Å². The van der Waals surface area contributed by atoms with E-state index in [9.17, 15) is 0 Å². The molecule has 1 N–H and O–H groups in total. The van der Waals surface area contributed by atoms with Crippen LogP contribution in [-0.2, 0) is 6.42 Å². The zero-order chi connectivity index (χ0) is 10.1. The maximum absolute atomic E-state index is 8.42. The van der Waals surface area contributed by atoms with Crippen molar-refractivity contribution in [3.05, 3.63) is 29.8 Å². The normalized spacial score (nSPS) is 8.62. The van der Waals surface area contributed by atoms with Crippen molar-refractivity contribution >= 4 is 0 Å². The number of hydrogen-bond acceptors (Lipinski definition) is 2. The number of benzene rings is 1. The van der Waals surface area contributed by atoms with Gasteiger partial charge in [0.2, 0.25) is 0 Å². The Morgan fingerprint density at radius 2 is 1.69 bits per heavy atom. The summed E-state index contributed by atoms with van der Waals surface area (Å²) >= 11 is 0. The summed E-state index contributed by atoms with van der Waals surface area (Å²) in [6.45, 7) is 5.84. The topological polar surface area (TPSA) is 29.5 Å². The lowest BCUT2D eigenvalue weighted by atomic mass is 10.2. The van der Waals surface area contributed by atoms with Crippen LogP contribution >= 0.6 is 0 Å². The third kappa shape index (κ3) is 4.53. The molecule has 2 heteroatoms. The predicted molar refractivity (Wildman–Crippen MR) is 54.9 cm³/mol. The van der Waals surface area contributed by atoms with Crippen LogP contribution in [0, 0.1) is 0 Å². The fourth-order valence-electron chi connectivity index (χ4n) is 0.896. The van der Waals surface area contributed by atoms with Crippen molar-refractivity contribution in [1.29, 1.82) is 0 Å². The zero-order valence-corrected chi connectivity index (χ0v) is 8.58. The molecule has 1 aromatic rings. The number of aliphatic hydroxyl groups is 1. The molecule has 0 fully saturated rings. The molecule has 0 aromatic heterocycles. The molecule has 0 aliphatic rings. The van der Waals surface area contributed by atoms with Crippen molar-refractivity contribution in [2.24, 2.45) is 0 Å². The van der Waals surface area contributed by atoms with Gasteiger partial charge in [-0.05, 0) is 24.1 Å². The molecule has 0 bridgehead atoms. The van der Waals surface area contributed by atoms with Crippen molar-refractivity contribution in [2.45, 2.75) is 27.2 Å². The first kappa shape index (κ1) is 12.0. The Bertz CT molecular complexity index is 204. The van der Waals surface area contributed by atoms with E-state index in [0.29, 0.717) is 5.75 Å². The van der Waals surface area contributed by atoms with Gasteiger partial charge in [0.15, 0.2) is 6.79 Å². The molecule has 0 saturated heterocycles. The number of rotatable bonds is 3. The smallest absolute Gasteiger partial charge is 0.186 e. The van der Waals surface area contributed by atoms with E-state index >= 15 is 0 Å². The van der Waals surface area contributed by atoms with Crippen LogP contribution in [-0.4, -0.2) is 11.9 Å². The van der Waals surface area contributed by atoms with Crippen LogP contribution in [0.2, 0.25) is 0 Å². The van der Waals surface area contributed by atoms with E-state index in [0.717, 1.165) is 6.42 Å². The number of ether oxygens (including phenoxy) is 1. The Labute approximate surface area is 80.2 Å². The van der Waals surface area contributed by atoms with Crippen molar-refractivity contribution in [3.63, 3.8) is 0 Å². The maximum Gasteiger partial charge on any atom is 0.186 e. The van der Waals surface area contributed by atoms with Gasteiger partial charge < -0.3 is 9.84 Å². The number of hydrogen-bond donors (Lipinski definition) is 1. The molecule has 1 rings (SSSR count). The van der Waals surface area contributed by atoms with Gasteiger partial charge >= 0.3 is 0 Å². The third-order valence-electron chi connectivity index (χ3n) is 1.56. The quantitative estimate of drug-likeness (QED) is 0.728. The summed E-state index contributed by atoms with van der Waals surface area (Å²) in [7, 11) is 0. The van der Waals surface area contributed by atoms with Gasteiger partial charge in [0.1, 0.15) is 5.75 Å². The first-order chi connectivity index (χ1) is 6.36. The van der Waals surface area contributed by atoms with Crippen molar-refractivity contribution in [1.82, 2.24) is 0 Å². The minimum atomic E-state index is -0.258. The standard InChI is InChI=1S/C9H12O2.C2H6/c1-2-8-3-5-9(6-4-8)11-7-10;1-2/h3-6,10H,2,7H2,1H3;1-2H3. The Balaban J connectivity index is 0.000000671. The van der Waals surface area contributed by atoms with Crippen LogP contribution in [0.15, 0.2) is 24.3 Å². The maximum atomic E-state index is 8.42. The van der Waals surface area contributed by atoms with Gasteiger partial charge in [-0.25, -0.2) is 0 Å². The van der Waals surface area contributed by atoms with E-state index in [1.54, 1.807) is 0 Å². The Kier molecular flexibility index (Phi) is 7.02. The molecule has 0 aliphatic heterocycles. The second-order valence-corrected chi connectivity index (χ2v) is 2.27. The van der Waals surface area contributed by atoms with Crippen LogP contribution < -0.4 is 4.74 Å². The summed E-state index contributed by atoms with van der Waals surface area (Å²) in [5.41, 5.74) is 1.27. The second-order valence-electron chi connectivity index (χ2n) is 2.27. The van der Waals surface area contributed by atoms with E-state index in [4.69, 9.17) is 9.84 Å². The highest BCUT2D eigenvalue weighted by Gasteiger charge is 1.91. The van der Waals surface area contributed by atoms with Crippen LogP contribution in [0.4, 0.5) is 0 Å². The molecule has 1 aromatic carbocycles. The third-order valence-corrected chi connectivity index (χ3v) is 1.56. The summed E-state index contributed by atoms with van der Waals surface area (Å²) in [6, 6.07) is 7.69. The Hall–Kier alpha value is -1.02. The SMILES string of the molecule is CC.CCc1ccc(OCO)cc1. The minimum Gasteiger partial charge on any atom is -0.468 e. The predicted octanol–water partition coefficient (Wildman–Crippen LogP) is 2.60. The van der Waals surface area contributed by atoms with E-state index < -0.39 is 0 Å². The van der Waals surface area contributed by atoms with Gasteiger partial charge in [-0.15, -0.1) is 0 Å². The van der Waals surface area contributed by atoms with Gasteiger partial charge in [0, 0.05) is 0 Å². The monoisotopic (exact) mass is 182 g/mol. The minimum absolute atomic E-state index is 0.258. The molecule has 0 spiro atoms. The molecule has 13 heavy (non-hydrogen) atoms. The Morgan fingerprint density at radius 3 is 2.08 bits per heavy atom. The molecule has 2 nitrogen and oxygen atoms in total. The molecule has 0 heterocycles. The summed E-state index contributed by atoms with van der Waals surface area (Å²) in [4.78, 5) is 0. The zero-order valence-electron chi connectivity index (χ0n) is 8.58. The first-order valence-corrected chi connectivity index (χ1v) is 4.69. The molecular weight excluding hydrogens is 164 g/mol. The lowest BCUT2D eigenvalue weighted by Crippen LogP contribution is -1.94. The van der Waals surface area contributed by atoms with E-state index in [2.05, 4.69) is 6.92 Å². The van der Waals surface area contributed by atoms with Gasteiger partial charge in [0.05, 0.1) is 0 Å². The number of aryl methyl sites for hydroxylation is 1. The fraction of sp³-hybridized carbons (Fsp3) is 0.455. The molecule has 0 radical (unpaired) electrons. The summed E-state index contributed by atoms with van der Waals surface area (Å²) < 4.78 is 4.86. The lowest BCUT2D eigenvalue weighted by molar-refractivity contribution is 0.0985. The van der Waals surface area contributed by atoms with E-state index in [1.807, 2.05) is 38.1 Å². The average molecular weight is 182 g/mol. The van der Waals surface area contributed by atoms with Crippen LogP contribution in [0.5, 0.6) is 5.75 Å². The highest BCUT2D eigenvalue weighted by Crippen LogP contribution is 2.11. The molecule has 0 amide bonds. The summed E-state index contributed by atoms with van der Waals surface area (Å²) in [5, 5.41) is 8.42. The van der Waals surface area contributed by atoms with Crippen LogP contribution in [0.1, 0.15) is 26.3 Å². The van der Waals surface area contributed by atoms with Gasteiger partial charge in [0.25, 0.3) is 0 Å². The van der Waals surface area contributed by atoms with Crippen molar-refractivity contribution in [3.8, 4) is 5.75 Å². The number of aliphatic hydroxyl groups excluding tert-OH is 1. The second kappa shape index (κ2) is 7.62. The van der Waals surface area contributed by atoms with E-state index in [1.165, 1.54) is 5.56 Å². The van der Waals surface area contributed by atoms with Crippen LogP contribution in [0.25, 0.3) is 0 Å². The van der Waals surface area contributed by atoms with Crippen molar-refractivity contribution < 1.29 is 9.84 Å². The molecule has 0 saturated carbocycles. The first-order valence-electron chi connectivity index (χ1n) is 4.69. The highest BCUT2D eigenvalue weighted by molar-refractivity contribution is 5.26. The lowest BCUT2D eigenvalue weighted by Gasteiger charge is -2.01. The molecule has 74 valence electrons. The van der Waals surface area contributed by atoms with Crippen molar-refractivity contribution in [2.75, 3.05) is 6.79 Å². The molecule has 0 aliphatic carbocycles. The summed E-state index contributed by atoms with van der Waals surface area (Å²) in [6.07, 6.45) is 1.03. The van der Waals surface area contributed by atoms with E-state index in [-0.39, 0.29) is 6.79 Å². The van der Waals surface area contributed by atoms with Gasteiger partial charge in [-0.3, -0.25) is 0 Å². The van der Waals surface area contributed by atoms with Gasteiger partial charge in [-0.2, -0.15) is 0 Å². The molecular formula is C11H18O2. The Morgan fingerprint density at radius 1 is 1.15 bits per heavy atom. The highest BCUT2D eigenvalue weighted by atomic mass is 16.6.